The summed E-state index contributed by atoms with van der Waals surface area (Å²) in [6.45, 7) is 1.29. The number of nitrogens with two attached hydrogens (primary N) is 1. The molecule has 1 atom stereocenters. The second kappa shape index (κ2) is 7.56. The van der Waals surface area contributed by atoms with Crippen LogP contribution in [0, 0.1) is 0 Å². The molecule has 0 heterocycles. The van der Waals surface area contributed by atoms with Crippen LogP contribution in [0.15, 0.2) is 0 Å². The topological polar surface area (TPSA) is 58.3 Å². The first kappa shape index (κ1) is 13.2. The molecule has 0 aromatic heterocycles. The van der Waals surface area contributed by atoms with Crippen LogP contribution in [0.25, 0.3) is 0 Å². The van der Waals surface area contributed by atoms with Crippen LogP contribution in [0.3, 0.4) is 0 Å². The first-order chi connectivity index (χ1) is 5.83. The van der Waals surface area contributed by atoms with Crippen molar-refractivity contribution in [3.63, 3.8) is 0 Å². The zero-order valence-corrected chi connectivity index (χ0v) is 8.85. The Labute approximate surface area is 86.5 Å². The molecule has 1 aliphatic rings. The number of hydrogen-bond acceptors (Lipinski definition) is 3. The molecule has 1 fully saturated rings. The van der Waals surface area contributed by atoms with Crippen LogP contribution in [0.4, 0.5) is 0 Å². The van der Waals surface area contributed by atoms with Crippen molar-refractivity contribution in [2.45, 2.75) is 44.2 Å². The van der Waals surface area contributed by atoms with Gasteiger partial charge in [0, 0.05) is 12.6 Å². The van der Waals surface area contributed by atoms with E-state index < -0.39 is 0 Å². The van der Waals surface area contributed by atoms with Crippen molar-refractivity contribution in [3.8, 4) is 0 Å². The molecule has 3 nitrogen and oxygen atoms in total. The number of aliphatic hydroxyl groups excluding tert-OH is 1. The van der Waals surface area contributed by atoms with Crippen LogP contribution < -0.4 is 11.1 Å². The molecule has 0 radical (unpaired) electrons. The fourth-order valence-electron chi connectivity index (χ4n) is 1.73. The van der Waals surface area contributed by atoms with Crippen molar-refractivity contribution in [3.05, 3.63) is 0 Å². The van der Waals surface area contributed by atoms with Gasteiger partial charge >= 0.3 is 0 Å². The van der Waals surface area contributed by atoms with E-state index in [9.17, 15) is 5.11 Å². The Morgan fingerprint density at radius 1 is 1.38 bits per heavy atom. The Kier molecular flexibility index (Phi) is 7.66. The average molecular weight is 209 g/mol. The van der Waals surface area contributed by atoms with Gasteiger partial charge in [-0.3, -0.25) is 0 Å². The molecule has 1 unspecified atom stereocenters. The minimum atomic E-state index is -0.254. The first-order valence-electron chi connectivity index (χ1n) is 4.94. The van der Waals surface area contributed by atoms with Crippen LogP contribution in [-0.2, 0) is 0 Å². The second-order valence-corrected chi connectivity index (χ2v) is 3.62. The summed E-state index contributed by atoms with van der Waals surface area (Å²) in [6.07, 6.45) is 5.68. The molecule has 0 aromatic carbocycles. The number of halogens is 1. The summed E-state index contributed by atoms with van der Waals surface area (Å²) in [7, 11) is 0. The zero-order valence-electron chi connectivity index (χ0n) is 8.04. The highest BCUT2D eigenvalue weighted by Crippen LogP contribution is 2.17. The van der Waals surface area contributed by atoms with E-state index in [1.807, 2.05) is 0 Å². The van der Waals surface area contributed by atoms with Crippen molar-refractivity contribution >= 4 is 12.4 Å². The number of rotatable bonds is 5. The predicted molar refractivity (Wildman–Crippen MR) is 57.2 cm³/mol. The molecular formula is C9H21ClN2O. The van der Waals surface area contributed by atoms with Gasteiger partial charge in [-0.1, -0.05) is 12.8 Å². The maximum Gasteiger partial charge on any atom is 0.0676 e. The van der Waals surface area contributed by atoms with Crippen molar-refractivity contribution in [1.82, 2.24) is 5.32 Å². The van der Waals surface area contributed by atoms with Gasteiger partial charge in [0.1, 0.15) is 0 Å². The molecule has 4 N–H and O–H groups in total. The quantitative estimate of drug-likeness (QED) is 0.622. The van der Waals surface area contributed by atoms with Crippen LogP contribution in [-0.4, -0.2) is 30.3 Å². The highest BCUT2D eigenvalue weighted by atomic mass is 35.5. The normalized spacial score (nSPS) is 19.8. The lowest BCUT2D eigenvalue weighted by molar-refractivity contribution is 0.160. The van der Waals surface area contributed by atoms with Gasteiger partial charge in [-0.2, -0.15) is 0 Å². The van der Waals surface area contributed by atoms with Gasteiger partial charge in [-0.15, -0.1) is 12.4 Å². The van der Waals surface area contributed by atoms with Gasteiger partial charge < -0.3 is 16.2 Å². The Hall–Kier alpha value is 0.170. The van der Waals surface area contributed by atoms with E-state index in [0.717, 1.165) is 0 Å². The standard InChI is InChI=1S/C9H20N2O.ClH/c10-6-5-9(12)7-11-8-3-1-2-4-8;/h8-9,11-12H,1-7,10H2;1H. The summed E-state index contributed by atoms with van der Waals surface area (Å²) in [4.78, 5) is 0. The molecule has 4 heteroatoms. The smallest absolute Gasteiger partial charge is 0.0676 e. The minimum absolute atomic E-state index is 0. The monoisotopic (exact) mass is 208 g/mol. The number of hydrogen-bond donors (Lipinski definition) is 3. The highest BCUT2D eigenvalue weighted by Gasteiger charge is 2.14. The van der Waals surface area contributed by atoms with E-state index in [-0.39, 0.29) is 18.5 Å². The highest BCUT2D eigenvalue weighted by molar-refractivity contribution is 5.85. The molecule has 1 saturated carbocycles. The Morgan fingerprint density at radius 3 is 2.54 bits per heavy atom. The molecule has 0 saturated heterocycles. The summed E-state index contributed by atoms with van der Waals surface area (Å²) in [5.41, 5.74) is 5.33. The van der Waals surface area contributed by atoms with Gasteiger partial charge in [-0.25, -0.2) is 0 Å². The van der Waals surface area contributed by atoms with Gasteiger partial charge in [0.25, 0.3) is 0 Å². The average Bonchev–Trinajstić information content (AvgIpc) is 2.53. The molecule has 13 heavy (non-hydrogen) atoms. The van der Waals surface area contributed by atoms with Gasteiger partial charge in [0.2, 0.25) is 0 Å². The zero-order chi connectivity index (χ0) is 8.81. The molecule has 0 amide bonds. The van der Waals surface area contributed by atoms with Gasteiger partial charge in [-0.05, 0) is 25.8 Å². The van der Waals surface area contributed by atoms with E-state index in [2.05, 4.69) is 5.32 Å². The summed E-state index contributed by atoms with van der Waals surface area (Å²) < 4.78 is 0. The molecule has 0 bridgehead atoms. The fourth-order valence-corrected chi connectivity index (χ4v) is 1.73. The van der Waals surface area contributed by atoms with Crippen LogP contribution in [0.5, 0.6) is 0 Å². The molecule has 0 aliphatic heterocycles. The van der Waals surface area contributed by atoms with Crippen LogP contribution >= 0.6 is 12.4 Å². The molecule has 1 aliphatic carbocycles. The van der Waals surface area contributed by atoms with Gasteiger partial charge in [0.05, 0.1) is 6.10 Å². The summed E-state index contributed by atoms with van der Waals surface area (Å²) in [5.74, 6) is 0. The maximum absolute atomic E-state index is 9.37. The Morgan fingerprint density at radius 2 is 2.00 bits per heavy atom. The summed E-state index contributed by atoms with van der Waals surface area (Å²) >= 11 is 0. The van der Waals surface area contributed by atoms with Crippen LogP contribution in [0.2, 0.25) is 0 Å². The fraction of sp³-hybridized carbons (Fsp3) is 1.00. The third kappa shape index (κ3) is 5.47. The number of nitrogens with one attached hydrogen (secondary N) is 1. The van der Waals surface area contributed by atoms with E-state index in [0.29, 0.717) is 25.6 Å². The van der Waals surface area contributed by atoms with E-state index in [1.54, 1.807) is 0 Å². The SMILES string of the molecule is Cl.NCCC(O)CNC1CCCC1. The first-order valence-corrected chi connectivity index (χ1v) is 4.94. The van der Waals surface area contributed by atoms with Crippen molar-refractivity contribution < 1.29 is 5.11 Å². The van der Waals surface area contributed by atoms with Crippen molar-refractivity contribution in [2.24, 2.45) is 5.73 Å². The Balaban J connectivity index is 0.00000144. The Bertz CT molecular complexity index is 118. The largest absolute Gasteiger partial charge is 0.392 e. The van der Waals surface area contributed by atoms with Crippen molar-refractivity contribution in [1.29, 1.82) is 0 Å². The second-order valence-electron chi connectivity index (χ2n) is 3.62. The minimum Gasteiger partial charge on any atom is -0.392 e. The molecule has 0 aromatic rings. The molecule has 1 rings (SSSR count). The predicted octanol–water partition coefficient (Wildman–Crippen LogP) is 0.650. The lowest BCUT2D eigenvalue weighted by Gasteiger charge is -2.15. The van der Waals surface area contributed by atoms with E-state index in [4.69, 9.17) is 5.73 Å². The third-order valence-electron chi connectivity index (χ3n) is 2.50. The molecular weight excluding hydrogens is 188 g/mol. The van der Waals surface area contributed by atoms with Gasteiger partial charge in [0.15, 0.2) is 0 Å². The van der Waals surface area contributed by atoms with E-state index in [1.165, 1.54) is 25.7 Å². The number of aliphatic hydroxyl groups is 1. The summed E-state index contributed by atoms with van der Waals surface area (Å²) in [6, 6.07) is 0.650. The third-order valence-corrected chi connectivity index (χ3v) is 2.50. The summed E-state index contributed by atoms with van der Waals surface area (Å²) in [5, 5.41) is 12.7. The molecule has 0 spiro atoms. The lowest BCUT2D eigenvalue weighted by Crippen LogP contribution is -2.34. The van der Waals surface area contributed by atoms with Crippen molar-refractivity contribution in [2.75, 3.05) is 13.1 Å². The maximum atomic E-state index is 9.37. The van der Waals surface area contributed by atoms with E-state index >= 15 is 0 Å². The lowest BCUT2D eigenvalue weighted by atomic mass is 10.2. The molecule has 80 valence electrons. The van der Waals surface area contributed by atoms with Crippen LogP contribution in [0.1, 0.15) is 32.1 Å².